The van der Waals surface area contributed by atoms with Crippen LogP contribution in [0.2, 0.25) is 0 Å². The molecule has 0 aromatic carbocycles. The molecular weight excluding hydrogens is 315 g/mol. The number of allylic oxidation sites excluding steroid dienone is 1. The molecule has 0 heterocycles. The van der Waals surface area contributed by atoms with Crippen molar-refractivity contribution in [3.63, 3.8) is 0 Å². The maximum Gasteiger partial charge on any atom is 0.351 e. The van der Waals surface area contributed by atoms with Crippen LogP contribution in [0.3, 0.4) is 0 Å². The smallest absolute Gasteiger partial charge is 0.351 e. The number of esters is 2. The van der Waals surface area contributed by atoms with Crippen molar-refractivity contribution in [2.24, 2.45) is 0 Å². The molecule has 0 amide bonds. The van der Waals surface area contributed by atoms with Gasteiger partial charge in [-0.2, -0.15) is 0 Å². The molecule has 0 bridgehead atoms. The maximum atomic E-state index is 10.3. The molecule has 128 valence electrons. The summed E-state index contributed by atoms with van der Waals surface area (Å²) in [7, 11) is -2.62. The highest BCUT2D eigenvalue weighted by atomic mass is 31.2. The molecule has 22 heavy (non-hydrogen) atoms. The highest BCUT2D eigenvalue weighted by Crippen LogP contribution is 2.42. The van der Waals surface area contributed by atoms with Gasteiger partial charge in [0.25, 0.3) is 0 Å². The largest absolute Gasteiger partial charge is 0.466 e. The number of hydrogen-bond donors (Lipinski definition) is 3. The molecule has 0 aliphatic carbocycles. The average molecular weight is 338 g/mol. The van der Waals surface area contributed by atoms with Crippen LogP contribution in [0.5, 0.6) is 0 Å². The Hall–Kier alpha value is -1.73. The quantitative estimate of drug-likeness (QED) is 0.284. The summed E-state index contributed by atoms with van der Waals surface area (Å²) in [6.07, 6.45) is 2.69. The standard InChI is InChI=1S/C6H10O3.C4H6O2.C3H7O3P/c1-2-6(8)9-5-3-4-7;1-3-4(5)6-2;1-3(2)7(4,5)6/h2,7H,1,3-5H2;3H,1H2,2H3;1H2,2H3,(H2,4,5,6). The Kier molecular flexibility index (Phi) is 18.0. The van der Waals surface area contributed by atoms with Crippen LogP contribution in [0.15, 0.2) is 37.2 Å². The van der Waals surface area contributed by atoms with Crippen LogP contribution in [-0.4, -0.2) is 47.2 Å². The van der Waals surface area contributed by atoms with E-state index in [0.717, 1.165) is 12.2 Å². The van der Waals surface area contributed by atoms with Gasteiger partial charge in [-0.25, -0.2) is 9.59 Å². The number of methoxy groups -OCH3 is 1. The van der Waals surface area contributed by atoms with E-state index in [2.05, 4.69) is 29.2 Å². The second-order valence-corrected chi connectivity index (χ2v) is 5.31. The zero-order valence-corrected chi connectivity index (χ0v) is 13.6. The van der Waals surface area contributed by atoms with Gasteiger partial charge in [0.15, 0.2) is 0 Å². The number of ether oxygens (including phenoxy) is 2. The Labute approximate surface area is 129 Å². The van der Waals surface area contributed by atoms with Crippen molar-refractivity contribution in [1.82, 2.24) is 0 Å². The van der Waals surface area contributed by atoms with E-state index in [-0.39, 0.29) is 18.5 Å². The van der Waals surface area contributed by atoms with Crippen molar-refractivity contribution in [1.29, 1.82) is 0 Å². The van der Waals surface area contributed by atoms with Crippen LogP contribution in [-0.2, 0) is 23.6 Å². The first-order chi connectivity index (χ1) is 10.1. The molecule has 9 heteroatoms. The zero-order chi connectivity index (χ0) is 18.2. The van der Waals surface area contributed by atoms with Crippen LogP contribution < -0.4 is 0 Å². The first-order valence-corrected chi connectivity index (χ1v) is 7.50. The third kappa shape index (κ3) is 23.4. The Morgan fingerprint density at radius 2 is 1.59 bits per heavy atom. The summed E-state index contributed by atoms with van der Waals surface area (Å²) in [4.78, 5) is 36.3. The molecule has 0 aromatic heterocycles. The van der Waals surface area contributed by atoms with E-state index < -0.39 is 19.5 Å². The molecule has 0 aliphatic rings. The Bertz CT molecular complexity index is 410. The monoisotopic (exact) mass is 338 g/mol. The van der Waals surface area contributed by atoms with E-state index in [1.165, 1.54) is 14.0 Å². The first-order valence-electron chi connectivity index (χ1n) is 5.88. The van der Waals surface area contributed by atoms with Crippen LogP contribution in [0, 0.1) is 0 Å². The lowest BCUT2D eigenvalue weighted by molar-refractivity contribution is -0.138. The van der Waals surface area contributed by atoms with Gasteiger partial charge in [-0.15, -0.1) is 0 Å². The van der Waals surface area contributed by atoms with Gasteiger partial charge in [0.2, 0.25) is 0 Å². The fourth-order valence-electron chi connectivity index (χ4n) is 0.380. The van der Waals surface area contributed by atoms with Gasteiger partial charge in [-0.05, 0) is 6.92 Å². The molecule has 3 N–H and O–H groups in total. The van der Waals surface area contributed by atoms with Crippen molar-refractivity contribution in [3.05, 3.63) is 37.2 Å². The maximum absolute atomic E-state index is 10.3. The topological polar surface area (TPSA) is 130 Å². The lowest BCUT2D eigenvalue weighted by Gasteiger charge is -1.97. The third-order valence-electron chi connectivity index (χ3n) is 1.58. The van der Waals surface area contributed by atoms with Crippen LogP contribution in [0.25, 0.3) is 0 Å². The summed E-state index contributed by atoms with van der Waals surface area (Å²) in [6.45, 7) is 11.0. The average Bonchev–Trinajstić information content (AvgIpc) is 2.46. The SMILES string of the molecule is C=C(C)P(=O)(O)O.C=CC(=O)OC.C=CC(=O)OCCCO. The molecule has 0 saturated carbocycles. The Morgan fingerprint density at radius 1 is 1.18 bits per heavy atom. The van der Waals surface area contributed by atoms with Crippen LogP contribution in [0.4, 0.5) is 0 Å². The van der Waals surface area contributed by atoms with Crippen molar-refractivity contribution >= 4 is 19.5 Å². The molecular formula is C13H23O8P. The summed E-state index contributed by atoms with van der Waals surface area (Å²) in [5.74, 6) is -0.835. The minimum Gasteiger partial charge on any atom is -0.466 e. The second-order valence-electron chi connectivity index (χ2n) is 3.46. The molecule has 0 spiro atoms. The molecule has 8 nitrogen and oxygen atoms in total. The van der Waals surface area contributed by atoms with Gasteiger partial charge in [0.05, 0.1) is 13.7 Å². The van der Waals surface area contributed by atoms with E-state index in [9.17, 15) is 14.2 Å². The molecule has 0 fully saturated rings. The number of hydrogen-bond acceptors (Lipinski definition) is 6. The van der Waals surface area contributed by atoms with Gasteiger partial charge in [0.1, 0.15) is 0 Å². The van der Waals surface area contributed by atoms with E-state index in [4.69, 9.17) is 14.9 Å². The number of rotatable bonds is 6. The predicted molar refractivity (Wildman–Crippen MR) is 81.9 cm³/mol. The fourth-order valence-corrected chi connectivity index (χ4v) is 0.380. The fraction of sp³-hybridized carbons (Fsp3) is 0.385. The number of aliphatic hydroxyl groups excluding tert-OH is 1. The van der Waals surface area contributed by atoms with E-state index in [1.54, 1.807) is 0 Å². The van der Waals surface area contributed by atoms with E-state index >= 15 is 0 Å². The van der Waals surface area contributed by atoms with Crippen molar-refractivity contribution < 1.29 is 38.5 Å². The highest BCUT2D eigenvalue weighted by Gasteiger charge is 2.11. The third-order valence-corrected chi connectivity index (χ3v) is 2.57. The highest BCUT2D eigenvalue weighted by molar-refractivity contribution is 7.56. The Morgan fingerprint density at radius 3 is 1.77 bits per heavy atom. The van der Waals surface area contributed by atoms with Crippen molar-refractivity contribution in [3.8, 4) is 0 Å². The molecule has 0 aliphatic heterocycles. The minimum absolute atomic E-state index is 0.0461. The summed E-state index contributed by atoms with van der Waals surface area (Å²) in [5, 5.41) is 8.14. The summed E-state index contributed by atoms with van der Waals surface area (Å²) in [6, 6.07) is 0. The van der Waals surface area contributed by atoms with Gasteiger partial charge < -0.3 is 24.4 Å². The van der Waals surface area contributed by atoms with Crippen molar-refractivity contribution in [2.45, 2.75) is 13.3 Å². The molecule has 0 aromatic rings. The summed E-state index contributed by atoms with van der Waals surface area (Å²) in [5.41, 5.74) is 0. The first kappa shape index (κ1) is 25.2. The lowest BCUT2D eigenvalue weighted by Crippen LogP contribution is -2.02. The normalized spacial score (nSPS) is 8.95. The van der Waals surface area contributed by atoms with Gasteiger partial charge in [-0.1, -0.05) is 19.7 Å². The number of carbonyl (C=O) groups is 2. The second kappa shape index (κ2) is 15.7. The molecule has 0 rings (SSSR count). The molecule has 0 saturated heterocycles. The van der Waals surface area contributed by atoms with Crippen LogP contribution >= 0.6 is 7.60 Å². The van der Waals surface area contributed by atoms with Crippen molar-refractivity contribution in [2.75, 3.05) is 20.3 Å². The van der Waals surface area contributed by atoms with Crippen LogP contribution in [0.1, 0.15) is 13.3 Å². The van der Waals surface area contributed by atoms with E-state index in [0.29, 0.717) is 6.42 Å². The molecule has 0 unspecified atom stereocenters. The zero-order valence-electron chi connectivity index (χ0n) is 12.7. The van der Waals surface area contributed by atoms with Gasteiger partial charge >= 0.3 is 19.5 Å². The lowest BCUT2D eigenvalue weighted by atomic mass is 10.5. The predicted octanol–water partition coefficient (Wildman–Crippen LogP) is 1.14. The minimum atomic E-state index is -3.93. The summed E-state index contributed by atoms with van der Waals surface area (Å²) < 4.78 is 18.6. The van der Waals surface area contributed by atoms with Gasteiger partial charge in [0, 0.05) is 30.5 Å². The molecule has 0 radical (unpaired) electrons. The van der Waals surface area contributed by atoms with E-state index in [1.807, 2.05) is 0 Å². The molecule has 0 atom stereocenters. The number of carbonyl (C=O) groups excluding carboxylic acids is 2. The summed E-state index contributed by atoms with van der Waals surface area (Å²) >= 11 is 0. The number of aliphatic hydroxyl groups is 1. The van der Waals surface area contributed by atoms with Gasteiger partial charge in [-0.3, -0.25) is 4.57 Å². The Balaban J connectivity index is -0.000000252.